The third-order valence-electron chi connectivity index (χ3n) is 3.27. The second kappa shape index (κ2) is 4.51. The molecule has 1 aliphatic carbocycles. The average molecular weight is 298 g/mol. The SMILES string of the molecule is O=C=NC1(c2cc(O)c(O)c(Br)c2)CCCC1. The highest BCUT2D eigenvalue weighted by Gasteiger charge is 2.36. The van der Waals surface area contributed by atoms with Gasteiger partial charge in [0, 0.05) is 0 Å². The van der Waals surface area contributed by atoms with Crippen LogP contribution in [-0.2, 0) is 10.3 Å². The van der Waals surface area contributed by atoms with Crippen LogP contribution in [-0.4, -0.2) is 16.3 Å². The van der Waals surface area contributed by atoms with E-state index in [1.807, 2.05) is 0 Å². The summed E-state index contributed by atoms with van der Waals surface area (Å²) >= 11 is 3.17. The Kier molecular flexibility index (Phi) is 3.22. The summed E-state index contributed by atoms with van der Waals surface area (Å²) in [5, 5.41) is 19.1. The van der Waals surface area contributed by atoms with Crippen LogP contribution in [0.3, 0.4) is 0 Å². The van der Waals surface area contributed by atoms with Gasteiger partial charge in [0.15, 0.2) is 11.5 Å². The van der Waals surface area contributed by atoms with Gasteiger partial charge in [0.25, 0.3) is 0 Å². The monoisotopic (exact) mass is 297 g/mol. The van der Waals surface area contributed by atoms with Gasteiger partial charge in [-0.1, -0.05) is 12.8 Å². The summed E-state index contributed by atoms with van der Waals surface area (Å²) in [5.41, 5.74) is 0.149. The van der Waals surface area contributed by atoms with Crippen LogP contribution in [0.1, 0.15) is 31.2 Å². The van der Waals surface area contributed by atoms with Crippen molar-refractivity contribution in [3.05, 3.63) is 22.2 Å². The fourth-order valence-corrected chi connectivity index (χ4v) is 2.82. The van der Waals surface area contributed by atoms with Crippen LogP contribution < -0.4 is 0 Å². The largest absolute Gasteiger partial charge is 0.504 e. The van der Waals surface area contributed by atoms with E-state index in [1.165, 1.54) is 6.07 Å². The van der Waals surface area contributed by atoms with E-state index < -0.39 is 5.54 Å². The minimum atomic E-state index is -0.588. The number of hydrogen-bond acceptors (Lipinski definition) is 4. The molecule has 17 heavy (non-hydrogen) atoms. The van der Waals surface area contributed by atoms with Crippen LogP contribution in [0.15, 0.2) is 21.6 Å². The van der Waals surface area contributed by atoms with Crippen molar-refractivity contribution >= 4 is 22.0 Å². The Morgan fingerprint density at radius 3 is 2.47 bits per heavy atom. The van der Waals surface area contributed by atoms with Crippen molar-refractivity contribution in [1.29, 1.82) is 0 Å². The lowest BCUT2D eigenvalue weighted by Gasteiger charge is -2.23. The molecule has 0 unspecified atom stereocenters. The predicted octanol–water partition coefficient (Wildman–Crippen LogP) is 2.97. The fraction of sp³-hybridized carbons (Fsp3) is 0.417. The molecule has 1 aliphatic rings. The number of halogens is 1. The lowest BCUT2D eigenvalue weighted by Crippen LogP contribution is -2.18. The topological polar surface area (TPSA) is 69.9 Å². The molecule has 0 heterocycles. The highest BCUT2D eigenvalue weighted by Crippen LogP contribution is 2.46. The molecule has 90 valence electrons. The summed E-state index contributed by atoms with van der Waals surface area (Å²) in [5.74, 6) is -0.404. The number of isocyanates is 1. The van der Waals surface area contributed by atoms with Crippen molar-refractivity contribution in [3.8, 4) is 11.5 Å². The summed E-state index contributed by atoms with van der Waals surface area (Å²) in [6.45, 7) is 0. The van der Waals surface area contributed by atoms with E-state index in [0.717, 1.165) is 31.2 Å². The quantitative estimate of drug-likeness (QED) is 0.501. The highest BCUT2D eigenvalue weighted by atomic mass is 79.9. The number of carbonyl (C=O) groups excluding carboxylic acids is 1. The third kappa shape index (κ3) is 2.08. The van der Waals surface area contributed by atoms with Gasteiger partial charge in [-0.2, -0.15) is 4.99 Å². The zero-order chi connectivity index (χ0) is 12.5. The van der Waals surface area contributed by atoms with E-state index in [1.54, 1.807) is 12.1 Å². The molecule has 0 saturated heterocycles. The molecule has 1 fully saturated rings. The molecule has 0 aromatic heterocycles. The first-order chi connectivity index (χ1) is 8.09. The Morgan fingerprint density at radius 1 is 1.29 bits per heavy atom. The lowest BCUT2D eigenvalue weighted by atomic mass is 9.89. The molecule has 1 saturated carbocycles. The van der Waals surface area contributed by atoms with Gasteiger partial charge in [-0.25, -0.2) is 4.79 Å². The van der Waals surface area contributed by atoms with E-state index in [2.05, 4.69) is 20.9 Å². The lowest BCUT2D eigenvalue weighted by molar-refractivity contribution is 0.395. The van der Waals surface area contributed by atoms with E-state index in [4.69, 9.17) is 0 Å². The number of aliphatic imine (C=N–C) groups is 1. The zero-order valence-electron chi connectivity index (χ0n) is 9.11. The first kappa shape index (κ1) is 12.1. The number of phenols is 2. The molecule has 0 bridgehead atoms. The van der Waals surface area contributed by atoms with Gasteiger partial charge in [-0.05, 0) is 46.5 Å². The van der Waals surface area contributed by atoms with Gasteiger partial charge in [-0.15, -0.1) is 0 Å². The van der Waals surface area contributed by atoms with Crippen molar-refractivity contribution < 1.29 is 15.0 Å². The zero-order valence-corrected chi connectivity index (χ0v) is 10.7. The Balaban J connectivity index is 2.54. The summed E-state index contributed by atoms with van der Waals surface area (Å²) in [4.78, 5) is 14.5. The number of benzene rings is 1. The fourth-order valence-electron chi connectivity index (χ4n) is 2.37. The van der Waals surface area contributed by atoms with Crippen LogP contribution >= 0.6 is 15.9 Å². The maximum absolute atomic E-state index is 10.6. The molecule has 2 N–H and O–H groups in total. The second-order valence-corrected chi connectivity index (χ2v) is 5.12. The van der Waals surface area contributed by atoms with E-state index in [0.29, 0.717) is 4.47 Å². The normalized spacial score (nSPS) is 17.7. The Hall–Kier alpha value is -1.32. The maximum Gasteiger partial charge on any atom is 0.235 e. The highest BCUT2D eigenvalue weighted by molar-refractivity contribution is 9.10. The van der Waals surface area contributed by atoms with E-state index in [9.17, 15) is 15.0 Å². The average Bonchev–Trinajstić information content (AvgIpc) is 2.75. The summed E-state index contributed by atoms with van der Waals surface area (Å²) in [7, 11) is 0. The minimum absolute atomic E-state index is 0.197. The van der Waals surface area contributed by atoms with Crippen molar-refractivity contribution in [2.75, 3.05) is 0 Å². The Morgan fingerprint density at radius 2 is 1.94 bits per heavy atom. The minimum Gasteiger partial charge on any atom is -0.504 e. The molecule has 0 spiro atoms. The van der Waals surface area contributed by atoms with Crippen molar-refractivity contribution in [1.82, 2.24) is 0 Å². The number of rotatable bonds is 2. The van der Waals surface area contributed by atoms with Gasteiger partial charge >= 0.3 is 0 Å². The maximum atomic E-state index is 10.6. The smallest absolute Gasteiger partial charge is 0.235 e. The van der Waals surface area contributed by atoms with Crippen molar-refractivity contribution in [3.63, 3.8) is 0 Å². The molecular formula is C12H12BrNO3. The van der Waals surface area contributed by atoms with Crippen molar-refractivity contribution in [2.45, 2.75) is 31.2 Å². The summed E-state index contributed by atoms with van der Waals surface area (Å²) in [6, 6.07) is 3.16. The standard InChI is InChI=1S/C12H12BrNO3/c13-9-5-8(6-10(16)11(9)17)12(14-7-15)3-1-2-4-12/h5-6,16-17H,1-4H2. The molecular weight excluding hydrogens is 286 g/mol. The molecule has 0 amide bonds. The van der Waals surface area contributed by atoms with Gasteiger partial charge in [0.05, 0.1) is 10.0 Å². The van der Waals surface area contributed by atoms with Gasteiger partial charge in [-0.3, -0.25) is 0 Å². The predicted molar refractivity (Wildman–Crippen MR) is 65.7 cm³/mol. The molecule has 4 nitrogen and oxygen atoms in total. The van der Waals surface area contributed by atoms with Gasteiger partial charge in [0.2, 0.25) is 6.08 Å². The molecule has 0 atom stereocenters. The van der Waals surface area contributed by atoms with Crippen LogP contribution in [0.5, 0.6) is 11.5 Å². The molecule has 0 aliphatic heterocycles. The Bertz CT molecular complexity index is 466. The Labute approximate surface area is 107 Å². The third-order valence-corrected chi connectivity index (χ3v) is 3.88. The van der Waals surface area contributed by atoms with Crippen LogP contribution in [0.25, 0.3) is 0 Å². The first-order valence-corrected chi connectivity index (χ1v) is 6.19. The number of nitrogens with zero attached hydrogens (tertiary/aromatic N) is 1. The van der Waals surface area contributed by atoms with Crippen LogP contribution in [0.4, 0.5) is 0 Å². The number of hydrogen-bond donors (Lipinski definition) is 2. The summed E-state index contributed by atoms with van der Waals surface area (Å²) in [6.07, 6.45) is 5.12. The first-order valence-electron chi connectivity index (χ1n) is 5.40. The van der Waals surface area contributed by atoms with Gasteiger partial charge in [0.1, 0.15) is 0 Å². The number of phenolic OH excluding ortho intramolecular Hbond substituents is 2. The van der Waals surface area contributed by atoms with Crippen LogP contribution in [0.2, 0.25) is 0 Å². The van der Waals surface area contributed by atoms with E-state index in [-0.39, 0.29) is 11.5 Å². The molecule has 1 aromatic carbocycles. The molecule has 0 radical (unpaired) electrons. The molecule has 2 rings (SSSR count). The second-order valence-electron chi connectivity index (χ2n) is 4.27. The van der Waals surface area contributed by atoms with Gasteiger partial charge < -0.3 is 10.2 Å². The van der Waals surface area contributed by atoms with Crippen molar-refractivity contribution in [2.24, 2.45) is 4.99 Å². The molecule has 5 heteroatoms. The van der Waals surface area contributed by atoms with E-state index >= 15 is 0 Å². The summed E-state index contributed by atoms with van der Waals surface area (Å²) < 4.78 is 0.403. The van der Waals surface area contributed by atoms with Crippen LogP contribution in [0, 0.1) is 0 Å². The number of aromatic hydroxyl groups is 2. The molecule has 1 aromatic rings.